The molecule has 1 atom stereocenters. The van der Waals surface area contributed by atoms with Gasteiger partial charge in [-0.25, -0.2) is 18.7 Å². The zero-order valence-electron chi connectivity index (χ0n) is 31.6. The van der Waals surface area contributed by atoms with E-state index in [4.69, 9.17) is 0 Å². The quantitative estimate of drug-likeness (QED) is 0.212. The molecule has 5 fully saturated rings. The largest absolute Gasteiger partial charge is 0.374 e. The molecule has 8 rings (SSSR count). The molecule has 3 heterocycles. The molecule has 0 radical (unpaired) electrons. The summed E-state index contributed by atoms with van der Waals surface area (Å²) in [5.41, 5.74) is 3.43. The summed E-state index contributed by atoms with van der Waals surface area (Å²) in [5, 5.41) is 8.83. The van der Waals surface area contributed by atoms with Crippen LogP contribution in [0.3, 0.4) is 0 Å². The number of anilines is 3. The van der Waals surface area contributed by atoms with E-state index in [0.29, 0.717) is 41.4 Å². The minimum atomic E-state index is -0.555. The SMILES string of the molecule is CN(C(=O)[C@H]1CC[C@H](N2CCN(c3ccc(NC4CCC(=O)NC4=O)cc3F)CC2)CC1)[C@H]1CC[C@H](Nc2ncc(F)c(-c3cccc(C4CC4)c3)n2)CC1. The van der Waals surface area contributed by atoms with Crippen molar-refractivity contribution < 1.29 is 23.2 Å². The maximum Gasteiger partial charge on any atom is 0.249 e. The molecule has 0 spiro atoms. The summed E-state index contributed by atoms with van der Waals surface area (Å²) in [7, 11) is 1.97. The minimum Gasteiger partial charge on any atom is -0.374 e. The Morgan fingerprint density at radius 2 is 1.62 bits per heavy atom. The van der Waals surface area contributed by atoms with Gasteiger partial charge in [-0.1, -0.05) is 18.2 Å². The van der Waals surface area contributed by atoms with Crippen molar-refractivity contribution in [2.45, 2.75) is 107 Å². The topological polar surface area (TPSA) is 123 Å². The molecule has 5 aliphatic rings. The van der Waals surface area contributed by atoms with Gasteiger partial charge in [-0.2, -0.15) is 0 Å². The Balaban J connectivity index is 0.764. The van der Waals surface area contributed by atoms with Gasteiger partial charge in [0.15, 0.2) is 5.82 Å². The number of piperidine rings is 1. The Bertz CT molecular complexity index is 1880. The first kappa shape index (κ1) is 37.3. The third kappa shape index (κ3) is 8.61. The maximum absolute atomic E-state index is 15.2. The number of amides is 3. The summed E-state index contributed by atoms with van der Waals surface area (Å²) in [4.78, 5) is 52.6. The van der Waals surface area contributed by atoms with Gasteiger partial charge in [0.2, 0.25) is 23.7 Å². The Kier molecular flexibility index (Phi) is 11.0. The van der Waals surface area contributed by atoms with Crippen molar-refractivity contribution >= 4 is 35.0 Å². The van der Waals surface area contributed by atoms with Crippen LogP contribution in [-0.4, -0.2) is 94.9 Å². The van der Waals surface area contributed by atoms with E-state index in [1.54, 1.807) is 12.1 Å². The zero-order chi connectivity index (χ0) is 38.1. The van der Waals surface area contributed by atoms with Gasteiger partial charge in [0.1, 0.15) is 17.6 Å². The van der Waals surface area contributed by atoms with Gasteiger partial charge >= 0.3 is 0 Å². The van der Waals surface area contributed by atoms with Gasteiger partial charge in [-0.15, -0.1) is 0 Å². The number of piperazine rings is 1. The number of rotatable bonds is 10. The van der Waals surface area contributed by atoms with Gasteiger partial charge in [-0.05, 0) is 106 Å². The Morgan fingerprint density at radius 3 is 2.33 bits per heavy atom. The number of nitrogens with one attached hydrogen (secondary N) is 3. The summed E-state index contributed by atoms with van der Waals surface area (Å²) in [5.74, 6) is -0.0853. The highest BCUT2D eigenvalue weighted by Gasteiger charge is 2.35. The van der Waals surface area contributed by atoms with Gasteiger partial charge in [0, 0.05) is 74.9 Å². The lowest BCUT2D eigenvalue weighted by Crippen LogP contribution is -2.52. The molecule has 3 amide bonds. The van der Waals surface area contributed by atoms with E-state index in [0.717, 1.165) is 83.1 Å². The molecule has 13 heteroatoms. The number of carbonyl (C=O) groups is 3. The number of nitrogens with zero attached hydrogens (tertiary/aromatic N) is 5. The average Bonchev–Trinajstić information content (AvgIpc) is 4.06. The molecule has 292 valence electrons. The van der Waals surface area contributed by atoms with E-state index < -0.39 is 11.9 Å². The van der Waals surface area contributed by atoms with Crippen LogP contribution in [0, 0.1) is 17.6 Å². The highest BCUT2D eigenvalue weighted by atomic mass is 19.1. The minimum absolute atomic E-state index is 0.0456. The van der Waals surface area contributed by atoms with Crippen LogP contribution in [0.2, 0.25) is 0 Å². The van der Waals surface area contributed by atoms with Crippen molar-refractivity contribution in [1.29, 1.82) is 0 Å². The van der Waals surface area contributed by atoms with Crippen LogP contribution >= 0.6 is 0 Å². The van der Waals surface area contributed by atoms with E-state index >= 15 is 4.39 Å². The summed E-state index contributed by atoms with van der Waals surface area (Å²) in [6.45, 7) is 3.12. The standard InChI is InChI=1S/C42H52F2N8O3/c1-50(32-14-9-30(10-15-32)47-42-45-25-35(44)39(49-42)29-4-2-3-28(23-29)26-5-6-26)41(55)27-7-12-33(13-8-27)51-19-21-52(22-20-51)37-17-11-31(24-34(37)43)46-36-16-18-38(53)48-40(36)54/h2-4,11,17,23-27,30,32-33,36,46H,5-10,12-16,18-22H2,1H3,(H,45,47,49)(H,48,53,54)/t27-,30-,32-,33-,36?. The molecule has 1 unspecified atom stereocenters. The van der Waals surface area contributed by atoms with Crippen molar-refractivity contribution in [3.8, 4) is 11.3 Å². The van der Waals surface area contributed by atoms with Crippen LogP contribution in [0.25, 0.3) is 11.3 Å². The zero-order valence-corrected chi connectivity index (χ0v) is 31.6. The second-order valence-corrected chi connectivity index (χ2v) is 16.2. The molecule has 3 aromatic rings. The summed E-state index contributed by atoms with van der Waals surface area (Å²) >= 11 is 0. The van der Waals surface area contributed by atoms with Gasteiger partial charge in [0.05, 0.1) is 11.9 Å². The lowest BCUT2D eigenvalue weighted by Gasteiger charge is -2.43. The highest BCUT2D eigenvalue weighted by molar-refractivity contribution is 6.01. The van der Waals surface area contributed by atoms with Crippen LogP contribution < -0.4 is 20.9 Å². The lowest BCUT2D eigenvalue weighted by molar-refractivity contribution is -0.138. The lowest BCUT2D eigenvalue weighted by atomic mass is 9.83. The Hall–Kier alpha value is -4.65. The molecule has 55 heavy (non-hydrogen) atoms. The Labute approximate surface area is 321 Å². The van der Waals surface area contributed by atoms with Crippen molar-refractivity contribution in [3.05, 3.63) is 65.9 Å². The van der Waals surface area contributed by atoms with E-state index in [1.165, 1.54) is 30.7 Å². The Morgan fingerprint density at radius 1 is 0.855 bits per heavy atom. The van der Waals surface area contributed by atoms with E-state index in [9.17, 15) is 18.8 Å². The second kappa shape index (κ2) is 16.2. The molecular weight excluding hydrogens is 703 g/mol. The first-order valence-corrected chi connectivity index (χ1v) is 20.2. The third-order valence-electron chi connectivity index (χ3n) is 12.6. The predicted octanol–water partition coefficient (Wildman–Crippen LogP) is 6.08. The first-order chi connectivity index (χ1) is 26.7. The number of carbonyl (C=O) groups excluding carboxylic acids is 3. The van der Waals surface area contributed by atoms with E-state index in [-0.39, 0.29) is 48.0 Å². The van der Waals surface area contributed by atoms with E-state index in [1.807, 2.05) is 24.1 Å². The molecule has 11 nitrogen and oxygen atoms in total. The molecular formula is C42H52F2N8O3. The molecule has 3 aliphatic carbocycles. The van der Waals surface area contributed by atoms with E-state index in [2.05, 4.69) is 47.9 Å². The number of hydrogen-bond acceptors (Lipinski definition) is 9. The molecule has 2 saturated heterocycles. The predicted molar refractivity (Wildman–Crippen MR) is 208 cm³/mol. The number of halogens is 2. The van der Waals surface area contributed by atoms with Crippen LogP contribution in [0.4, 0.5) is 26.1 Å². The third-order valence-corrected chi connectivity index (χ3v) is 12.6. The summed E-state index contributed by atoms with van der Waals surface area (Å²) in [6.07, 6.45) is 11.6. The fraction of sp³-hybridized carbons (Fsp3) is 0.548. The van der Waals surface area contributed by atoms with Crippen molar-refractivity contribution in [1.82, 2.24) is 25.1 Å². The monoisotopic (exact) mass is 754 g/mol. The highest BCUT2D eigenvalue weighted by Crippen LogP contribution is 2.41. The molecule has 1 aromatic heterocycles. The number of aromatic nitrogens is 2. The van der Waals surface area contributed by atoms with Crippen LogP contribution in [0.5, 0.6) is 0 Å². The van der Waals surface area contributed by atoms with Crippen molar-refractivity contribution in [2.24, 2.45) is 5.92 Å². The van der Waals surface area contributed by atoms with Crippen LogP contribution in [0.1, 0.15) is 88.5 Å². The normalized spacial score (nSPS) is 26.3. The summed E-state index contributed by atoms with van der Waals surface area (Å²) < 4.78 is 30.0. The first-order valence-electron chi connectivity index (χ1n) is 20.2. The van der Waals surface area contributed by atoms with Crippen LogP contribution in [-0.2, 0) is 14.4 Å². The second-order valence-electron chi connectivity index (χ2n) is 16.2. The number of hydrogen-bond donors (Lipinski definition) is 3. The smallest absolute Gasteiger partial charge is 0.249 e. The maximum atomic E-state index is 15.2. The molecule has 3 saturated carbocycles. The van der Waals surface area contributed by atoms with Crippen molar-refractivity contribution in [3.63, 3.8) is 0 Å². The molecule has 2 aliphatic heterocycles. The average molecular weight is 755 g/mol. The molecule has 3 N–H and O–H groups in total. The summed E-state index contributed by atoms with van der Waals surface area (Å²) in [6, 6.07) is 13.3. The van der Waals surface area contributed by atoms with Crippen molar-refractivity contribution in [2.75, 3.05) is 48.8 Å². The number of benzene rings is 2. The van der Waals surface area contributed by atoms with Gasteiger partial charge in [-0.3, -0.25) is 24.6 Å². The molecule has 0 bridgehead atoms. The molecule has 2 aromatic carbocycles. The van der Waals surface area contributed by atoms with Gasteiger partial charge < -0.3 is 20.4 Å². The fourth-order valence-corrected chi connectivity index (χ4v) is 9.16. The van der Waals surface area contributed by atoms with Gasteiger partial charge in [0.25, 0.3) is 0 Å². The fourth-order valence-electron chi connectivity index (χ4n) is 9.16. The van der Waals surface area contributed by atoms with Crippen LogP contribution in [0.15, 0.2) is 48.7 Å². The number of imide groups is 1.